The normalized spacial score (nSPS) is 11.8. The lowest BCUT2D eigenvalue weighted by Crippen LogP contribution is -2.25. The van der Waals surface area contributed by atoms with Crippen molar-refractivity contribution in [3.8, 4) is 0 Å². The van der Waals surface area contributed by atoms with E-state index in [2.05, 4.69) is 5.32 Å². The number of carbonyl (C=O) groups excluding carboxylic acids is 1. The van der Waals surface area contributed by atoms with Crippen LogP contribution < -0.4 is 10.9 Å². The van der Waals surface area contributed by atoms with Crippen LogP contribution in [0.4, 0.5) is 5.69 Å². The van der Waals surface area contributed by atoms with Crippen molar-refractivity contribution < 1.29 is 9.53 Å². The van der Waals surface area contributed by atoms with E-state index in [-0.39, 0.29) is 11.5 Å². The number of hydrogen-bond acceptors (Lipinski definition) is 3. The second kappa shape index (κ2) is 8.66. The molecular weight excluding hydrogens is 364 g/mol. The lowest BCUT2D eigenvalue weighted by atomic mass is 10.1. The van der Waals surface area contributed by atoms with E-state index in [0.717, 1.165) is 11.1 Å². The molecule has 0 radical (unpaired) electrons. The number of halogens is 1. The summed E-state index contributed by atoms with van der Waals surface area (Å²) in [4.78, 5) is 24.8. The van der Waals surface area contributed by atoms with E-state index in [0.29, 0.717) is 17.3 Å². The summed E-state index contributed by atoms with van der Waals surface area (Å²) in [6.45, 7) is 0.314. The molecule has 1 N–H and O–H groups in total. The summed E-state index contributed by atoms with van der Waals surface area (Å²) in [6, 6.07) is 19.5. The molecule has 1 aromatic heterocycles. The minimum atomic E-state index is -0.741. The molecule has 1 atom stereocenters. The van der Waals surface area contributed by atoms with Gasteiger partial charge in [-0.05, 0) is 23.3 Å². The fourth-order valence-electron chi connectivity index (χ4n) is 2.77. The molecule has 0 aliphatic rings. The average molecular weight is 383 g/mol. The van der Waals surface area contributed by atoms with Gasteiger partial charge < -0.3 is 14.6 Å². The molecule has 0 bridgehead atoms. The lowest BCUT2D eigenvalue weighted by Gasteiger charge is -2.16. The van der Waals surface area contributed by atoms with Crippen molar-refractivity contribution in [1.29, 1.82) is 0 Å². The van der Waals surface area contributed by atoms with Gasteiger partial charge in [0, 0.05) is 24.4 Å². The zero-order valence-corrected chi connectivity index (χ0v) is 15.5. The average Bonchev–Trinajstić information content (AvgIpc) is 2.67. The number of amides is 1. The third-order valence-electron chi connectivity index (χ3n) is 4.13. The van der Waals surface area contributed by atoms with Crippen molar-refractivity contribution in [2.45, 2.75) is 12.6 Å². The first-order valence-electron chi connectivity index (χ1n) is 8.41. The monoisotopic (exact) mass is 382 g/mol. The molecule has 3 aromatic rings. The van der Waals surface area contributed by atoms with Crippen molar-refractivity contribution in [1.82, 2.24) is 4.57 Å². The number of methoxy groups -OCH3 is 1. The summed E-state index contributed by atoms with van der Waals surface area (Å²) in [6.07, 6.45) is 0.858. The number of rotatable bonds is 6. The Labute approximate surface area is 162 Å². The Morgan fingerprint density at radius 3 is 2.48 bits per heavy atom. The highest BCUT2D eigenvalue weighted by Gasteiger charge is 2.20. The Morgan fingerprint density at radius 2 is 1.78 bits per heavy atom. The third-order valence-corrected chi connectivity index (χ3v) is 4.49. The highest BCUT2D eigenvalue weighted by molar-refractivity contribution is 6.31. The molecule has 5 nitrogen and oxygen atoms in total. The number of anilines is 1. The second-order valence-corrected chi connectivity index (χ2v) is 6.40. The van der Waals surface area contributed by atoms with Gasteiger partial charge in [-0.2, -0.15) is 0 Å². The first-order valence-corrected chi connectivity index (χ1v) is 8.79. The maximum atomic E-state index is 12.6. The van der Waals surface area contributed by atoms with E-state index >= 15 is 0 Å². The zero-order chi connectivity index (χ0) is 19.2. The molecular formula is C21H19ClN2O3. The molecule has 0 aliphatic carbocycles. The number of hydrogen-bond donors (Lipinski definition) is 1. The molecule has 27 heavy (non-hydrogen) atoms. The Balaban J connectivity index is 1.80. The maximum Gasteiger partial charge on any atom is 0.258 e. The van der Waals surface area contributed by atoms with Gasteiger partial charge in [-0.25, -0.2) is 0 Å². The number of nitrogens with one attached hydrogen (secondary N) is 1. The largest absolute Gasteiger partial charge is 0.367 e. The van der Waals surface area contributed by atoms with Gasteiger partial charge in [0.25, 0.3) is 11.5 Å². The van der Waals surface area contributed by atoms with Gasteiger partial charge in [0.1, 0.15) is 0 Å². The molecule has 6 heteroatoms. The molecule has 0 fully saturated rings. The Kier molecular flexibility index (Phi) is 6.06. The van der Waals surface area contributed by atoms with Crippen LogP contribution in [-0.4, -0.2) is 17.6 Å². The Hall–Kier alpha value is -2.89. The SMILES string of the molecule is COC(C(=O)Nc1ccc(=O)n(Cc2ccccc2Cl)c1)c1ccccc1. The Bertz CT molecular complexity index is 986. The number of ether oxygens (including phenoxy) is 1. The summed E-state index contributed by atoms with van der Waals surface area (Å²) in [5.74, 6) is -0.313. The van der Waals surface area contributed by atoms with Crippen LogP contribution in [0.3, 0.4) is 0 Å². The van der Waals surface area contributed by atoms with Crippen molar-refractivity contribution in [3.63, 3.8) is 0 Å². The van der Waals surface area contributed by atoms with Gasteiger partial charge in [-0.3, -0.25) is 9.59 Å². The van der Waals surface area contributed by atoms with Gasteiger partial charge in [-0.1, -0.05) is 60.1 Å². The van der Waals surface area contributed by atoms with Crippen molar-refractivity contribution >= 4 is 23.2 Å². The van der Waals surface area contributed by atoms with E-state index in [1.54, 1.807) is 18.3 Å². The summed E-state index contributed by atoms with van der Waals surface area (Å²) in [7, 11) is 1.48. The molecule has 138 valence electrons. The summed E-state index contributed by atoms with van der Waals surface area (Å²) < 4.78 is 6.84. The Morgan fingerprint density at radius 1 is 1.07 bits per heavy atom. The highest BCUT2D eigenvalue weighted by atomic mass is 35.5. The predicted octanol–water partition coefficient (Wildman–Crippen LogP) is 3.88. The zero-order valence-electron chi connectivity index (χ0n) is 14.8. The first kappa shape index (κ1) is 18.9. The molecule has 0 spiro atoms. The lowest BCUT2D eigenvalue weighted by molar-refractivity contribution is -0.126. The van der Waals surface area contributed by atoms with Crippen molar-refractivity contribution in [3.05, 3.63) is 99.4 Å². The number of nitrogens with zero attached hydrogens (tertiary/aromatic N) is 1. The smallest absolute Gasteiger partial charge is 0.258 e. The van der Waals surface area contributed by atoms with E-state index in [1.807, 2.05) is 48.5 Å². The van der Waals surface area contributed by atoms with Crippen LogP contribution in [0.1, 0.15) is 17.2 Å². The van der Waals surface area contributed by atoms with Gasteiger partial charge in [0.15, 0.2) is 6.10 Å². The van der Waals surface area contributed by atoms with Gasteiger partial charge in [-0.15, -0.1) is 0 Å². The molecule has 0 saturated carbocycles. The molecule has 1 amide bonds. The van der Waals surface area contributed by atoms with Crippen LogP contribution in [-0.2, 0) is 16.1 Å². The number of benzene rings is 2. The quantitative estimate of drug-likeness (QED) is 0.703. The van der Waals surface area contributed by atoms with Crippen LogP contribution in [0.5, 0.6) is 0 Å². The molecule has 1 unspecified atom stereocenters. The van der Waals surface area contributed by atoms with Gasteiger partial charge >= 0.3 is 0 Å². The van der Waals surface area contributed by atoms with E-state index in [9.17, 15) is 9.59 Å². The minimum Gasteiger partial charge on any atom is -0.367 e. The standard InChI is InChI=1S/C21H19ClN2O3/c1-27-20(15-7-3-2-4-8-15)21(26)23-17-11-12-19(25)24(14-17)13-16-9-5-6-10-18(16)22/h2-12,14,20H,13H2,1H3,(H,23,26). The second-order valence-electron chi connectivity index (χ2n) is 5.99. The molecule has 1 heterocycles. The van der Waals surface area contributed by atoms with E-state index in [4.69, 9.17) is 16.3 Å². The van der Waals surface area contributed by atoms with Crippen LogP contribution in [0.2, 0.25) is 5.02 Å². The van der Waals surface area contributed by atoms with Crippen molar-refractivity contribution in [2.24, 2.45) is 0 Å². The highest BCUT2D eigenvalue weighted by Crippen LogP contribution is 2.19. The van der Waals surface area contributed by atoms with Crippen LogP contribution in [0.15, 0.2) is 77.7 Å². The molecule has 0 saturated heterocycles. The van der Waals surface area contributed by atoms with E-state index in [1.165, 1.54) is 17.7 Å². The molecule has 3 rings (SSSR count). The fourth-order valence-corrected chi connectivity index (χ4v) is 2.96. The summed E-state index contributed by atoms with van der Waals surface area (Å²) in [5.41, 5.74) is 1.90. The fraction of sp³-hybridized carbons (Fsp3) is 0.143. The van der Waals surface area contributed by atoms with Crippen LogP contribution in [0.25, 0.3) is 0 Å². The van der Waals surface area contributed by atoms with Gasteiger partial charge in [0.05, 0.1) is 12.2 Å². The van der Waals surface area contributed by atoms with Crippen LogP contribution in [0, 0.1) is 0 Å². The van der Waals surface area contributed by atoms with Gasteiger partial charge in [0.2, 0.25) is 0 Å². The molecule has 2 aromatic carbocycles. The summed E-state index contributed by atoms with van der Waals surface area (Å²) in [5, 5.41) is 3.39. The number of carbonyl (C=O) groups is 1. The van der Waals surface area contributed by atoms with Crippen LogP contribution >= 0.6 is 11.6 Å². The molecule has 0 aliphatic heterocycles. The maximum absolute atomic E-state index is 12.6. The third kappa shape index (κ3) is 4.64. The van der Waals surface area contributed by atoms with Crippen molar-refractivity contribution in [2.75, 3.05) is 12.4 Å². The summed E-state index contributed by atoms with van der Waals surface area (Å²) >= 11 is 6.18. The topological polar surface area (TPSA) is 60.3 Å². The number of pyridine rings is 1. The minimum absolute atomic E-state index is 0.181. The van der Waals surface area contributed by atoms with E-state index < -0.39 is 6.10 Å². The predicted molar refractivity (Wildman–Crippen MR) is 106 cm³/mol. The number of aromatic nitrogens is 1. The first-order chi connectivity index (χ1) is 13.1.